The molecule has 0 aliphatic carbocycles. The second-order valence-electron chi connectivity index (χ2n) is 4.77. The Bertz CT molecular complexity index is 799. The lowest BCUT2D eigenvalue weighted by molar-refractivity contribution is -0.116. The molecule has 1 aromatic heterocycles. The Morgan fingerprint density at radius 1 is 1.23 bits per heavy atom. The van der Waals surface area contributed by atoms with Crippen LogP contribution in [0.25, 0.3) is 0 Å². The minimum absolute atomic E-state index is 0.299. The maximum absolute atomic E-state index is 12.3. The van der Waals surface area contributed by atoms with Crippen molar-refractivity contribution in [2.45, 2.75) is 0 Å². The number of nitrogens with one attached hydrogen (secondary N) is 1. The summed E-state index contributed by atoms with van der Waals surface area (Å²) < 4.78 is 2.19. The molecule has 0 unspecified atom stereocenters. The Morgan fingerprint density at radius 2 is 1.95 bits per heavy atom. The van der Waals surface area contributed by atoms with Crippen molar-refractivity contribution in [3.8, 4) is 0 Å². The fourth-order valence-electron chi connectivity index (χ4n) is 2.23. The molecule has 1 aromatic carbocycles. The first-order valence-corrected chi connectivity index (χ1v) is 7.20. The maximum atomic E-state index is 12.3. The van der Waals surface area contributed by atoms with E-state index in [0.717, 1.165) is 4.90 Å². The number of aryl methyl sites for hydroxylation is 1. The van der Waals surface area contributed by atoms with E-state index in [1.165, 1.54) is 10.9 Å². The quantitative estimate of drug-likeness (QED) is 0.836. The van der Waals surface area contributed by atoms with E-state index in [9.17, 15) is 14.4 Å². The minimum atomic E-state index is -0.471. The van der Waals surface area contributed by atoms with Crippen molar-refractivity contribution in [2.24, 2.45) is 7.05 Å². The molecule has 2 aromatic rings. The number of carbonyl (C=O) groups is 3. The molecule has 0 radical (unpaired) electrons. The van der Waals surface area contributed by atoms with Gasteiger partial charge in [0.15, 0.2) is 0 Å². The average molecular weight is 363 g/mol. The molecule has 1 aliphatic heterocycles. The molecule has 0 saturated carbocycles. The molecule has 0 spiro atoms. The van der Waals surface area contributed by atoms with Crippen LogP contribution in [-0.2, 0) is 11.8 Å². The van der Waals surface area contributed by atoms with Crippen molar-refractivity contribution in [2.75, 3.05) is 11.9 Å². The number of fused-ring (bicyclic) bond motifs is 1. The van der Waals surface area contributed by atoms with Crippen LogP contribution in [0.2, 0.25) is 0 Å². The number of nitrogens with zero attached hydrogens (tertiary/aromatic N) is 3. The first-order valence-electron chi connectivity index (χ1n) is 6.41. The van der Waals surface area contributed by atoms with Crippen LogP contribution in [0.3, 0.4) is 0 Å². The van der Waals surface area contributed by atoms with E-state index in [1.807, 2.05) is 0 Å². The number of hydrogen-bond acceptors (Lipinski definition) is 4. The van der Waals surface area contributed by atoms with E-state index in [1.54, 1.807) is 31.3 Å². The predicted molar refractivity (Wildman–Crippen MR) is 81.3 cm³/mol. The van der Waals surface area contributed by atoms with Gasteiger partial charge in [0.25, 0.3) is 11.8 Å². The Kier molecular flexibility index (Phi) is 3.53. The number of hydrogen-bond donors (Lipinski definition) is 1. The lowest BCUT2D eigenvalue weighted by Crippen LogP contribution is -2.37. The Hall–Kier alpha value is -2.48. The van der Waals surface area contributed by atoms with E-state index in [0.29, 0.717) is 21.4 Å². The van der Waals surface area contributed by atoms with Crippen LogP contribution in [0, 0.1) is 0 Å². The summed E-state index contributed by atoms with van der Waals surface area (Å²) >= 11 is 3.26. The van der Waals surface area contributed by atoms with E-state index >= 15 is 0 Å². The molecular weight excluding hydrogens is 352 g/mol. The van der Waals surface area contributed by atoms with E-state index < -0.39 is 17.7 Å². The van der Waals surface area contributed by atoms with Crippen molar-refractivity contribution in [1.82, 2.24) is 14.7 Å². The number of benzene rings is 1. The summed E-state index contributed by atoms with van der Waals surface area (Å²) in [5, 5.41) is 6.53. The second-order valence-corrected chi connectivity index (χ2v) is 5.69. The number of amides is 3. The number of rotatable bonds is 3. The molecule has 0 fully saturated rings. The van der Waals surface area contributed by atoms with Gasteiger partial charge in [-0.1, -0.05) is 15.9 Å². The van der Waals surface area contributed by atoms with Crippen LogP contribution < -0.4 is 5.32 Å². The van der Waals surface area contributed by atoms with Crippen molar-refractivity contribution in [3.63, 3.8) is 0 Å². The van der Waals surface area contributed by atoms with Crippen LogP contribution in [0.5, 0.6) is 0 Å². The van der Waals surface area contributed by atoms with E-state index in [4.69, 9.17) is 0 Å². The van der Waals surface area contributed by atoms with Crippen LogP contribution in [0.15, 0.2) is 34.9 Å². The number of imide groups is 1. The minimum Gasteiger partial charge on any atom is -0.309 e. The molecule has 1 aliphatic rings. The van der Waals surface area contributed by atoms with Crippen LogP contribution in [0.4, 0.5) is 5.82 Å². The number of anilines is 1. The lowest BCUT2D eigenvalue weighted by Gasteiger charge is -2.13. The molecular formula is C14H11BrN4O3. The molecule has 1 N–H and O–H groups in total. The van der Waals surface area contributed by atoms with Gasteiger partial charge in [0.2, 0.25) is 5.91 Å². The largest absolute Gasteiger partial charge is 0.309 e. The zero-order valence-corrected chi connectivity index (χ0v) is 13.1. The molecule has 22 heavy (non-hydrogen) atoms. The van der Waals surface area contributed by atoms with Gasteiger partial charge in [0.1, 0.15) is 12.4 Å². The van der Waals surface area contributed by atoms with Crippen LogP contribution >= 0.6 is 15.9 Å². The molecule has 0 atom stereocenters. The highest BCUT2D eigenvalue weighted by molar-refractivity contribution is 9.10. The van der Waals surface area contributed by atoms with E-state index in [2.05, 4.69) is 26.3 Å². The standard InChI is InChI=1S/C14H11BrN4O3/c1-18-11(4-5-16-18)17-12(20)7-19-13(21)9-3-2-8(15)6-10(9)14(19)22/h2-6H,7H2,1H3,(H,17,20). The Balaban J connectivity index is 1.77. The van der Waals surface area contributed by atoms with Gasteiger partial charge >= 0.3 is 0 Å². The van der Waals surface area contributed by atoms with Crippen molar-refractivity contribution in [3.05, 3.63) is 46.1 Å². The molecule has 3 amide bonds. The average Bonchev–Trinajstić information content (AvgIpc) is 2.97. The van der Waals surface area contributed by atoms with Gasteiger partial charge in [0.05, 0.1) is 17.3 Å². The molecule has 8 heteroatoms. The lowest BCUT2D eigenvalue weighted by atomic mass is 10.1. The van der Waals surface area contributed by atoms with Crippen molar-refractivity contribution in [1.29, 1.82) is 0 Å². The number of halogens is 1. The zero-order chi connectivity index (χ0) is 15.9. The topological polar surface area (TPSA) is 84.3 Å². The maximum Gasteiger partial charge on any atom is 0.262 e. The van der Waals surface area contributed by atoms with Gasteiger partial charge < -0.3 is 5.32 Å². The summed E-state index contributed by atoms with van der Waals surface area (Å²) in [7, 11) is 1.68. The fourth-order valence-corrected chi connectivity index (χ4v) is 2.59. The van der Waals surface area contributed by atoms with Gasteiger partial charge in [-0.2, -0.15) is 5.10 Å². The normalized spacial score (nSPS) is 13.5. The summed E-state index contributed by atoms with van der Waals surface area (Å²) in [4.78, 5) is 37.4. The second kappa shape index (κ2) is 5.38. The monoisotopic (exact) mass is 362 g/mol. The van der Waals surface area contributed by atoms with Crippen LogP contribution in [-0.4, -0.2) is 38.9 Å². The molecule has 7 nitrogen and oxygen atoms in total. The smallest absolute Gasteiger partial charge is 0.262 e. The highest BCUT2D eigenvalue weighted by Gasteiger charge is 2.36. The molecule has 0 bridgehead atoms. The van der Waals surface area contributed by atoms with Gasteiger partial charge in [-0.3, -0.25) is 24.0 Å². The van der Waals surface area contributed by atoms with Gasteiger partial charge in [0, 0.05) is 17.6 Å². The summed E-state index contributed by atoms with van der Waals surface area (Å²) in [5.74, 6) is -0.907. The van der Waals surface area contributed by atoms with Gasteiger partial charge in [-0.15, -0.1) is 0 Å². The summed E-state index contributed by atoms with van der Waals surface area (Å²) in [5.41, 5.74) is 0.606. The highest BCUT2D eigenvalue weighted by Crippen LogP contribution is 2.25. The number of aromatic nitrogens is 2. The van der Waals surface area contributed by atoms with Gasteiger partial charge in [-0.05, 0) is 18.2 Å². The Labute approximate surface area is 134 Å². The zero-order valence-electron chi connectivity index (χ0n) is 11.5. The SMILES string of the molecule is Cn1nccc1NC(=O)CN1C(=O)c2ccc(Br)cc2C1=O. The van der Waals surface area contributed by atoms with Gasteiger partial charge in [-0.25, -0.2) is 0 Å². The summed E-state index contributed by atoms with van der Waals surface area (Å²) in [6.45, 7) is -0.338. The Morgan fingerprint density at radius 3 is 2.64 bits per heavy atom. The van der Waals surface area contributed by atoms with Crippen LogP contribution in [0.1, 0.15) is 20.7 Å². The predicted octanol–water partition coefficient (Wildman–Crippen LogP) is 1.42. The highest BCUT2D eigenvalue weighted by atomic mass is 79.9. The van der Waals surface area contributed by atoms with Crippen molar-refractivity contribution < 1.29 is 14.4 Å². The summed E-state index contributed by atoms with van der Waals surface area (Å²) in [6.07, 6.45) is 1.54. The third-order valence-corrected chi connectivity index (χ3v) is 3.82. The molecule has 3 rings (SSSR count). The summed E-state index contributed by atoms with van der Waals surface area (Å²) in [6, 6.07) is 6.45. The van der Waals surface area contributed by atoms with E-state index in [-0.39, 0.29) is 6.54 Å². The fraction of sp³-hybridized carbons (Fsp3) is 0.143. The molecule has 0 saturated heterocycles. The third-order valence-electron chi connectivity index (χ3n) is 3.32. The molecule has 112 valence electrons. The number of carbonyl (C=O) groups excluding carboxylic acids is 3. The third kappa shape index (κ3) is 2.41. The first-order chi connectivity index (χ1) is 10.5. The van der Waals surface area contributed by atoms with Crippen molar-refractivity contribution >= 4 is 39.5 Å². The molecule has 2 heterocycles. The first kappa shape index (κ1) is 14.5.